The van der Waals surface area contributed by atoms with Gasteiger partial charge in [0.25, 0.3) is 0 Å². The van der Waals surface area contributed by atoms with Gasteiger partial charge in [0.1, 0.15) is 0 Å². The maximum absolute atomic E-state index is 11.9. The molecule has 3 nitrogen and oxygen atoms in total. The van der Waals surface area contributed by atoms with Crippen LogP contribution in [0.4, 0.5) is 13.2 Å². The number of amides is 1. The molecule has 0 saturated heterocycles. The molecule has 1 rings (SSSR count). The fourth-order valence-corrected chi connectivity index (χ4v) is 1.54. The number of hydrogen-bond acceptors (Lipinski definition) is 2. The molecule has 0 spiro atoms. The second-order valence-corrected chi connectivity index (χ2v) is 4.19. The predicted molar refractivity (Wildman–Crippen MR) is 58.2 cm³/mol. The van der Waals surface area contributed by atoms with Crippen molar-refractivity contribution >= 4 is 21.8 Å². The number of aliphatic hydroxyl groups is 1. The first-order valence-electron chi connectivity index (χ1n) is 4.59. The lowest BCUT2D eigenvalue weighted by atomic mass is 10.1. The minimum atomic E-state index is -4.93. The summed E-state index contributed by atoms with van der Waals surface area (Å²) in [6.45, 7) is -0.491. The van der Waals surface area contributed by atoms with Crippen LogP contribution in [0.5, 0.6) is 0 Å². The molecule has 0 radical (unpaired) electrons. The van der Waals surface area contributed by atoms with Gasteiger partial charge in [-0.15, -0.1) is 0 Å². The van der Waals surface area contributed by atoms with E-state index in [1.807, 2.05) is 0 Å². The van der Waals surface area contributed by atoms with E-state index in [4.69, 9.17) is 0 Å². The number of aliphatic hydroxyl groups excluding tert-OH is 1. The highest BCUT2D eigenvalue weighted by Gasteiger charge is 2.38. The molecule has 0 unspecified atom stereocenters. The van der Waals surface area contributed by atoms with E-state index in [0.717, 1.165) is 0 Å². The largest absolute Gasteiger partial charge is 0.471 e. The van der Waals surface area contributed by atoms with Gasteiger partial charge in [-0.25, -0.2) is 0 Å². The molecular formula is C10H9BrF3NO2. The Morgan fingerprint density at radius 2 is 2.12 bits per heavy atom. The number of carbonyl (C=O) groups excluding carboxylic acids is 1. The normalized spacial score (nSPS) is 13.2. The number of halogens is 4. The Morgan fingerprint density at radius 1 is 1.47 bits per heavy atom. The predicted octanol–water partition coefficient (Wildman–Crippen LogP) is 2.16. The van der Waals surface area contributed by atoms with Crippen molar-refractivity contribution in [3.63, 3.8) is 0 Å². The summed E-state index contributed by atoms with van der Waals surface area (Å²) in [4.78, 5) is 10.5. The van der Waals surface area contributed by atoms with Crippen LogP contribution >= 0.6 is 15.9 Å². The molecule has 0 fully saturated rings. The average Bonchev–Trinajstić information content (AvgIpc) is 2.24. The van der Waals surface area contributed by atoms with Crippen molar-refractivity contribution in [2.75, 3.05) is 6.54 Å². The van der Waals surface area contributed by atoms with Gasteiger partial charge >= 0.3 is 12.1 Å². The highest BCUT2D eigenvalue weighted by Crippen LogP contribution is 2.18. The highest BCUT2D eigenvalue weighted by atomic mass is 79.9. The number of rotatable bonds is 3. The van der Waals surface area contributed by atoms with Crippen molar-refractivity contribution in [2.45, 2.75) is 12.3 Å². The van der Waals surface area contributed by atoms with Crippen LogP contribution in [-0.4, -0.2) is 23.7 Å². The van der Waals surface area contributed by atoms with Crippen LogP contribution in [0.1, 0.15) is 11.7 Å². The minimum Gasteiger partial charge on any atom is -0.387 e. The Morgan fingerprint density at radius 3 is 2.65 bits per heavy atom. The molecule has 1 aromatic rings. The maximum Gasteiger partial charge on any atom is 0.471 e. The van der Waals surface area contributed by atoms with E-state index >= 15 is 0 Å². The zero-order valence-corrected chi connectivity index (χ0v) is 10.0. The summed E-state index contributed by atoms with van der Waals surface area (Å²) in [6, 6.07) is 6.46. The maximum atomic E-state index is 11.9. The SMILES string of the molecule is O=C(NC[C@@H](O)c1cccc(Br)c1)C(F)(F)F. The third-order valence-corrected chi connectivity index (χ3v) is 2.44. The number of benzene rings is 1. The molecule has 1 aromatic carbocycles. The minimum absolute atomic E-state index is 0.418. The molecule has 0 bridgehead atoms. The van der Waals surface area contributed by atoms with Gasteiger partial charge < -0.3 is 10.4 Å². The Balaban J connectivity index is 2.56. The molecule has 0 aliphatic heterocycles. The van der Waals surface area contributed by atoms with Crippen molar-refractivity contribution in [3.8, 4) is 0 Å². The van der Waals surface area contributed by atoms with Crippen molar-refractivity contribution in [1.82, 2.24) is 5.32 Å². The van der Waals surface area contributed by atoms with Crippen LogP contribution in [0.25, 0.3) is 0 Å². The molecule has 17 heavy (non-hydrogen) atoms. The zero-order chi connectivity index (χ0) is 13.1. The molecule has 94 valence electrons. The molecule has 2 N–H and O–H groups in total. The van der Waals surface area contributed by atoms with Crippen LogP contribution < -0.4 is 5.32 Å². The second kappa shape index (κ2) is 5.50. The Kier molecular flexibility index (Phi) is 4.53. The van der Waals surface area contributed by atoms with E-state index in [1.54, 1.807) is 29.6 Å². The summed E-state index contributed by atoms with van der Waals surface area (Å²) >= 11 is 3.16. The fourth-order valence-electron chi connectivity index (χ4n) is 1.12. The molecule has 0 saturated carbocycles. The molecule has 0 aliphatic rings. The van der Waals surface area contributed by atoms with Crippen LogP contribution in [0.2, 0.25) is 0 Å². The Bertz CT molecular complexity index is 409. The van der Waals surface area contributed by atoms with E-state index in [1.165, 1.54) is 0 Å². The highest BCUT2D eigenvalue weighted by molar-refractivity contribution is 9.10. The van der Waals surface area contributed by atoms with Gasteiger partial charge in [0, 0.05) is 11.0 Å². The van der Waals surface area contributed by atoms with Crippen molar-refractivity contribution in [2.24, 2.45) is 0 Å². The molecule has 0 aromatic heterocycles. The molecule has 0 heterocycles. The summed E-state index contributed by atoms with van der Waals surface area (Å²) in [5.74, 6) is -2.06. The van der Waals surface area contributed by atoms with Gasteiger partial charge in [-0.1, -0.05) is 28.1 Å². The van der Waals surface area contributed by atoms with E-state index < -0.39 is 24.7 Å². The number of alkyl halides is 3. The molecule has 0 aliphatic carbocycles. The molecule has 1 atom stereocenters. The summed E-state index contributed by atoms with van der Waals surface area (Å²) in [5.41, 5.74) is 0.418. The molecular weight excluding hydrogens is 303 g/mol. The van der Waals surface area contributed by atoms with Crippen LogP contribution in [0.3, 0.4) is 0 Å². The summed E-state index contributed by atoms with van der Waals surface area (Å²) < 4.78 is 36.3. The van der Waals surface area contributed by atoms with E-state index in [0.29, 0.717) is 10.0 Å². The second-order valence-electron chi connectivity index (χ2n) is 3.28. The van der Waals surface area contributed by atoms with Gasteiger partial charge in [0.2, 0.25) is 0 Å². The first-order valence-corrected chi connectivity index (χ1v) is 5.38. The molecule has 7 heteroatoms. The Labute approximate surface area is 104 Å². The monoisotopic (exact) mass is 311 g/mol. The summed E-state index contributed by atoms with van der Waals surface area (Å²) in [6.07, 6.45) is -6.12. The summed E-state index contributed by atoms with van der Waals surface area (Å²) in [5, 5.41) is 11.2. The average molecular weight is 312 g/mol. The number of nitrogens with one attached hydrogen (secondary N) is 1. The lowest BCUT2D eigenvalue weighted by Gasteiger charge is -2.13. The summed E-state index contributed by atoms with van der Waals surface area (Å²) in [7, 11) is 0. The van der Waals surface area contributed by atoms with Gasteiger partial charge in [0.05, 0.1) is 6.10 Å². The first-order chi connectivity index (χ1) is 7.80. The van der Waals surface area contributed by atoms with Crippen LogP contribution in [0, 0.1) is 0 Å². The van der Waals surface area contributed by atoms with Gasteiger partial charge in [0.15, 0.2) is 0 Å². The third-order valence-electron chi connectivity index (χ3n) is 1.95. The van der Waals surface area contributed by atoms with Crippen molar-refractivity contribution in [1.29, 1.82) is 0 Å². The molecule has 1 amide bonds. The fraction of sp³-hybridized carbons (Fsp3) is 0.300. The Hall–Kier alpha value is -1.08. The van der Waals surface area contributed by atoms with E-state index in [-0.39, 0.29) is 0 Å². The quantitative estimate of drug-likeness (QED) is 0.898. The van der Waals surface area contributed by atoms with Crippen molar-refractivity contribution < 1.29 is 23.1 Å². The van der Waals surface area contributed by atoms with Gasteiger partial charge in [-0.3, -0.25) is 4.79 Å². The van der Waals surface area contributed by atoms with Gasteiger partial charge in [-0.2, -0.15) is 13.2 Å². The standard InChI is InChI=1S/C10H9BrF3NO2/c11-7-3-1-2-6(4-7)8(16)5-15-9(17)10(12,13)14/h1-4,8,16H,5H2,(H,15,17)/t8-/m1/s1. The number of hydrogen-bond donors (Lipinski definition) is 2. The van der Waals surface area contributed by atoms with Crippen LogP contribution in [0.15, 0.2) is 28.7 Å². The van der Waals surface area contributed by atoms with Crippen LogP contribution in [-0.2, 0) is 4.79 Å². The lowest BCUT2D eigenvalue weighted by Crippen LogP contribution is -2.38. The number of carbonyl (C=O) groups is 1. The smallest absolute Gasteiger partial charge is 0.387 e. The first kappa shape index (κ1) is 14.0. The van der Waals surface area contributed by atoms with E-state index in [2.05, 4.69) is 15.9 Å². The van der Waals surface area contributed by atoms with Gasteiger partial charge in [-0.05, 0) is 17.7 Å². The van der Waals surface area contributed by atoms with E-state index in [9.17, 15) is 23.1 Å². The lowest BCUT2D eigenvalue weighted by molar-refractivity contribution is -0.174. The third kappa shape index (κ3) is 4.35. The zero-order valence-electron chi connectivity index (χ0n) is 8.46. The topological polar surface area (TPSA) is 49.3 Å². The van der Waals surface area contributed by atoms with Crippen molar-refractivity contribution in [3.05, 3.63) is 34.3 Å².